The molecule has 4 nitrogen and oxygen atoms in total. The van der Waals surface area contributed by atoms with Crippen LogP contribution in [0.25, 0.3) is 0 Å². The van der Waals surface area contributed by atoms with Crippen LogP contribution in [0.15, 0.2) is 12.4 Å². The van der Waals surface area contributed by atoms with Gasteiger partial charge in [-0.15, -0.1) is 0 Å². The lowest BCUT2D eigenvalue weighted by Crippen LogP contribution is -2.20. The first kappa shape index (κ1) is 12.4. The van der Waals surface area contributed by atoms with Crippen LogP contribution in [0.3, 0.4) is 0 Å². The van der Waals surface area contributed by atoms with E-state index >= 15 is 0 Å². The highest BCUT2D eigenvalue weighted by atomic mass is 16.3. The number of hydrogen-bond acceptors (Lipinski definition) is 3. The zero-order chi connectivity index (χ0) is 12.1. The monoisotopic (exact) mass is 237 g/mol. The molecule has 1 aliphatic rings. The first-order valence-corrected chi connectivity index (χ1v) is 6.65. The van der Waals surface area contributed by atoms with Crippen molar-refractivity contribution in [1.82, 2.24) is 9.78 Å². The van der Waals surface area contributed by atoms with Gasteiger partial charge in [-0.3, -0.25) is 4.68 Å². The molecule has 2 unspecified atom stereocenters. The van der Waals surface area contributed by atoms with Crippen molar-refractivity contribution in [3.05, 3.63) is 12.4 Å². The van der Waals surface area contributed by atoms with Crippen molar-refractivity contribution >= 4 is 5.69 Å². The van der Waals surface area contributed by atoms with Crippen molar-refractivity contribution in [3.8, 4) is 0 Å². The van der Waals surface area contributed by atoms with Crippen LogP contribution in [0.1, 0.15) is 32.6 Å². The van der Waals surface area contributed by atoms with E-state index < -0.39 is 0 Å². The molecule has 96 valence electrons. The maximum Gasteiger partial charge on any atom is 0.0726 e. The van der Waals surface area contributed by atoms with Gasteiger partial charge in [0.1, 0.15) is 0 Å². The van der Waals surface area contributed by atoms with Crippen LogP contribution in [0.5, 0.6) is 0 Å². The standard InChI is InChI=1S/C13H23N3O/c1-11-3-2-4-12(7-11)8-14-13-9-15-16(10-13)5-6-17/h9-12,14,17H,2-8H2,1H3. The molecule has 17 heavy (non-hydrogen) atoms. The molecular formula is C13H23N3O. The maximum atomic E-state index is 8.81. The second-order valence-corrected chi connectivity index (χ2v) is 5.23. The fourth-order valence-corrected chi connectivity index (χ4v) is 2.69. The van der Waals surface area contributed by atoms with Crippen LogP contribution < -0.4 is 5.32 Å². The van der Waals surface area contributed by atoms with Gasteiger partial charge in [-0.25, -0.2) is 0 Å². The summed E-state index contributed by atoms with van der Waals surface area (Å²) in [6.07, 6.45) is 9.26. The number of nitrogens with one attached hydrogen (secondary N) is 1. The number of aliphatic hydroxyl groups excluding tert-OH is 1. The van der Waals surface area contributed by atoms with Gasteiger partial charge >= 0.3 is 0 Å². The smallest absolute Gasteiger partial charge is 0.0726 e. The molecule has 0 aliphatic heterocycles. The average Bonchev–Trinajstić information content (AvgIpc) is 2.75. The van der Waals surface area contributed by atoms with Gasteiger partial charge in [-0.1, -0.05) is 19.8 Å². The summed E-state index contributed by atoms with van der Waals surface area (Å²) in [5, 5.41) is 16.4. The van der Waals surface area contributed by atoms with E-state index in [0.717, 1.165) is 24.1 Å². The lowest BCUT2D eigenvalue weighted by atomic mass is 9.82. The fraction of sp³-hybridized carbons (Fsp3) is 0.769. The Kier molecular flexibility index (Phi) is 4.42. The lowest BCUT2D eigenvalue weighted by molar-refractivity contribution is 0.269. The van der Waals surface area contributed by atoms with E-state index in [4.69, 9.17) is 5.11 Å². The quantitative estimate of drug-likeness (QED) is 0.824. The van der Waals surface area contributed by atoms with Gasteiger partial charge in [-0.2, -0.15) is 5.10 Å². The van der Waals surface area contributed by atoms with E-state index in [1.165, 1.54) is 25.7 Å². The molecular weight excluding hydrogens is 214 g/mol. The number of aliphatic hydroxyl groups is 1. The number of nitrogens with zero attached hydrogens (tertiary/aromatic N) is 2. The predicted octanol–water partition coefficient (Wildman–Crippen LogP) is 2.11. The SMILES string of the molecule is CC1CCCC(CNc2cnn(CCO)c2)C1. The summed E-state index contributed by atoms with van der Waals surface area (Å²) in [6.45, 7) is 4.12. The van der Waals surface area contributed by atoms with Crippen molar-refractivity contribution in [3.63, 3.8) is 0 Å². The van der Waals surface area contributed by atoms with Gasteiger partial charge in [0.2, 0.25) is 0 Å². The first-order chi connectivity index (χ1) is 8.28. The van der Waals surface area contributed by atoms with Gasteiger partial charge in [-0.05, 0) is 24.7 Å². The third-order valence-corrected chi connectivity index (χ3v) is 3.60. The van der Waals surface area contributed by atoms with Gasteiger partial charge < -0.3 is 10.4 Å². The normalized spacial score (nSPS) is 24.8. The highest BCUT2D eigenvalue weighted by Crippen LogP contribution is 2.28. The fourth-order valence-electron chi connectivity index (χ4n) is 2.69. The second-order valence-electron chi connectivity index (χ2n) is 5.23. The Balaban J connectivity index is 1.76. The van der Waals surface area contributed by atoms with E-state index in [1.807, 2.05) is 12.4 Å². The third kappa shape index (κ3) is 3.73. The second kappa shape index (κ2) is 6.05. The molecule has 1 fully saturated rings. The molecule has 0 amide bonds. The summed E-state index contributed by atoms with van der Waals surface area (Å²) in [6, 6.07) is 0. The summed E-state index contributed by atoms with van der Waals surface area (Å²) in [7, 11) is 0. The summed E-state index contributed by atoms with van der Waals surface area (Å²) < 4.78 is 1.77. The zero-order valence-electron chi connectivity index (χ0n) is 10.6. The molecule has 1 aromatic rings. The molecule has 2 rings (SSSR count). The summed E-state index contributed by atoms with van der Waals surface area (Å²) in [4.78, 5) is 0. The molecule has 0 bridgehead atoms. The number of rotatable bonds is 5. The van der Waals surface area contributed by atoms with E-state index in [2.05, 4.69) is 17.3 Å². The van der Waals surface area contributed by atoms with Gasteiger partial charge in [0.15, 0.2) is 0 Å². The molecule has 1 aromatic heterocycles. The molecule has 0 aromatic carbocycles. The Hall–Kier alpha value is -1.03. The lowest BCUT2D eigenvalue weighted by Gasteiger charge is -2.26. The van der Waals surface area contributed by atoms with Crippen molar-refractivity contribution in [2.24, 2.45) is 11.8 Å². The van der Waals surface area contributed by atoms with Gasteiger partial charge in [0.05, 0.1) is 25.0 Å². The van der Waals surface area contributed by atoms with Crippen LogP contribution >= 0.6 is 0 Å². The topological polar surface area (TPSA) is 50.1 Å². The minimum Gasteiger partial charge on any atom is -0.394 e. The number of anilines is 1. The van der Waals surface area contributed by atoms with Gasteiger partial charge in [0.25, 0.3) is 0 Å². The van der Waals surface area contributed by atoms with E-state index in [1.54, 1.807) is 4.68 Å². The molecule has 1 heterocycles. The summed E-state index contributed by atoms with van der Waals surface area (Å²) in [5.41, 5.74) is 1.07. The van der Waals surface area contributed by atoms with Crippen LogP contribution in [0, 0.1) is 11.8 Å². The Morgan fingerprint density at radius 3 is 3.18 bits per heavy atom. The summed E-state index contributed by atoms with van der Waals surface area (Å²) in [5.74, 6) is 1.69. The first-order valence-electron chi connectivity index (χ1n) is 6.65. The van der Waals surface area contributed by atoms with E-state index in [0.29, 0.717) is 6.54 Å². The Bertz CT molecular complexity index is 337. The third-order valence-electron chi connectivity index (χ3n) is 3.60. The van der Waals surface area contributed by atoms with Crippen LogP contribution in [0.2, 0.25) is 0 Å². The molecule has 1 aliphatic carbocycles. The van der Waals surface area contributed by atoms with Crippen molar-refractivity contribution in [1.29, 1.82) is 0 Å². The largest absolute Gasteiger partial charge is 0.394 e. The van der Waals surface area contributed by atoms with Crippen molar-refractivity contribution < 1.29 is 5.11 Å². The molecule has 2 atom stereocenters. The highest BCUT2D eigenvalue weighted by molar-refractivity contribution is 5.38. The van der Waals surface area contributed by atoms with E-state index in [9.17, 15) is 0 Å². The van der Waals surface area contributed by atoms with Crippen molar-refractivity contribution in [2.45, 2.75) is 39.2 Å². The van der Waals surface area contributed by atoms with Crippen LogP contribution in [-0.4, -0.2) is 28.0 Å². The minimum absolute atomic E-state index is 0.140. The molecule has 1 saturated carbocycles. The number of aromatic nitrogens is 2. The molecule has 0 spiro atoms. The molecule has 0 saturated heterocycles. The summed E-state index contributed by atoms with van der Waals surface area (Å²) >= 11 is 0. The maximum absolute atomic E-state index is 8.81. The molecule has 2 N–H and O–H groups in total. The average molecular weight is 237 g/mol. The predicted molar refractivity (Wildman–Crippen MR) is 68.9 cm³/mol. The molecule has 0 radical (unpaired) electrons. The highest BCUT2D eigenvalue weighted by Gasteiger charge is 2.18. The van der Waals surface area contributed by atoms with Crippen molar-refractivity contribution in [2.75, 3.05) is 18.5 Å². The van der Waals surface area contributed by atoms with E-state index in [-0.39, 0.29) is 6.61 Å². The number of hydrogen-bond donors (Lipinski definition) is 2. The zero-order valence-corrected chi connectivity index (χ0v) is 10.6. The molecule has 4 heteroatoms. The Morgan fingerprint density at radius 1 is 1.53 bits per heavy atom. The van der Waals surface area contributed by atoms with Crippen LogP contribution in [-0.2, 0) is 6.54 Å². The van der Waals surface area contributed by atoms with Crippen LogP contribution in [0.4, 0.5) is 5.69 Å². The van der Waals surface area contributed by atoms with Gasteiger partial charge in [0, 0.05) is 12.7 Å². The Morgan fingerprint density at radius 2 is 2.41 bits per heavy atom. The Labute approximate surface area is 103 Å². The minimum atomic E-state index is 0.140.